The summed E-state index contributed by atoms with van der Waals surface area (Å²) in [5.74, 6) is 0. The van der Waals surface area contributed by atoms with Crippen molar-refractivity contribution in [3.63, 3.8) is 0 Å². The van der Waals surface area contributed by atoms with E-state index in [0.717, 1.165) is 5.56 Å². The number of nitrogens with zero attached hydrogens (tertiary/aromatic N) is 1. The molecule has 1 heterocycles. The average molecular weight is 222 g/mol. The zero-order chi connectivity index (χ0) is 12.2. The number of rotatable bonds is 4. The maximum absolute atomic E-state index is 9.94. The number of hydrogen-bond donors (Lipinski definition) is 2. The van der Waals surface area contributed by atoms with Gasteiger partial charge in [0.1, 0.15) is 0 Å². The second kappa shape index (κ2) is 5.41. The monoisotopic (exact) mass is 222 g/mol. The number of hydrogen-bond acceptors (Lipinski definition) is 3. The van der Waals surface area contributed by atoms with Crippen molar-refractivity contribution in [2.24, 2.45) is 5.41 Å². The molecule has 0 fully saturated rings. The van der Waals surface area contributed by atoms with Crippen LogP contribution in [0.4, 0.5) is 0 Å². The van der Waals surface area contributed by atoms with Gasteiger partial charge in [-0.2, -0.15) is 0 Å². The Hall–Kier alpha value is -0.930. The molecule has 0 aliphatic heterocycles. The molecule has 0 spiro atoms. The van der Waals surface area contributed by atoms with Crippen molar-refractivity contribution in [1.82, 2.24) is 10.3 Å². The Balaban J connectivity index is 2.45. The van der Waals surface area contributed by atoms with Crippen molar-refractivity contribution in [3.05, 3.63) is 30.1 Å². The highest BCUT2D eigenvalue weighted by molar-refractivity contribution is 5.13. The van der Waals surface area contributed by atoms with Gasteiger partial charge in [0.25, 0.3) is 0 Å². The van der Waals surface area contributed by atoms with E-state index in [0.29, 0.717) is 12.6 Å². The van der Waals surface area contributed by atoms with Crippen LogP contribution in [0.25, 0.3) is 0 Å². The first-order valence-corrected chi connectivity index (χ1v) is 5.72. The second-order valence-electron chi connectivity index (χ2n) is 5.29. The summed E-state index contributed by atoms with van der Waals surface area (Å²) in [5, 5.41) is 13.3. The van der Waals surface area contributed by atoms with Crippen molar-refractivity contribution < 1.29 is 5.11 Å². The van der Waals surface area contributed by atoms with Crippen molar-refractivity contribution in [1.29, 1.82) is 0 Å². The lowest BCUT2D eigenvalue weighted by Crippen LogP contribution is -2.39. The molecule has 0 amide bonds. The Kier molecular flexibility index (Phi) is 4.44. The summed E-state index contributed by atoms with van der Waals surface area (Å²) in [6, 6.07) is 4.05. The zero-order valence-electron chi connectivity index (χ0n) is 10.6. The topological polar surface area (TPSA) is 45.1 Å². The van der Waals surface area contributed by atoms with Crippen LogP contribution in [0.15, 0.2) is 24.5 Å². The molecule has 0 radical (unpaired) electrons. The molecule has 3 heteroatoms. The van der Waals surface area contributed by atoms with E-state index in [-0.39, 0.29) is 5.41 Å². The molecule has 2 unspecified atom stereocenters. The molecular weight excluding hydrogens is 200 g/mol. The summed E-state index contributed by atoms with van der Waals surface area (Å²) in [6.07, 6.45) is 2.94. The minimum absolute atomic E-state index is 0.206. The Bertz CT molecular complexity index is 305. The highest BCUT2D eigenvalue weighted by Crippen LogP contribution is 2.19. The third kappa shape index (κ3) is 3.91. The van der Waals surface area contributed by atoms with Gasteiger partial charge < -0.3 is 10.4 Å². The van der Waals surface area contributed by atoms with Gasteiger partial charge in [-0.15, -0.1) is 0 Å². The first kappa shape index (κ1) is 13.1. The predicted octanol–water partition coefficient (Wildman–Crippen LogP) is 2.14. The molecule has 0 saturated heterocycles. The summed E-state index contributed by atoms with van der Waals surface area (Å²) >= 11 is 0. The largest absolute Gasteiger partial charge is 0.387 e. The molecule has 0 aliphatic rings. The molecule has 1 aromatic rings. The molecule has 0 saturated carbocycles. The summed E-state index contributed by atoms with van der Waals surface area (Å²) in [4.78, 5) is 3.93. The number of aliphatic hydroxyl groups is 1. The fourth-order valence-electron chi connectivity index (χ4n) is 1.30. The SMILES string of the molecule is CC(NCC(O)c1ccncc1)C(C)(C)C. The lowest BCUT2D eigenvalue weighted by molar-refractivity contribution is 0.158. The molecule has 3 nitrogen and oxygen atoms in total. The van der Waals surface area contributed by atoms with E-state index in [9.17, 15) is 5.11 Å². The lowest BCUT2D eigenvalue weighted by Gasteiger charge is -2.29. The number of aliphatic hydroxyl groups excluding tert-OH is 1. The minimum atomic E-state index is -0.465. The molecule has 0 aliphatic carbocycles. The van der Waals surface area contributed by atoms with Crippen LogP contribution in [-0.2, 0) is 0 Å². The van der Waals surface area contributed by atoms with Crippen molar-refractivity contribution in [3.8, 4) is 0 Å². The number of aromatic nitrogens is 1. The van der Waals surface area contributed by atoms with Crippen LogP contribution in [0.2, 0.25) is 0 Å². The summed E-state index contributed by atoms with van der Waals surface area (Å²) < 4.78 is 0. The smallest absolute Gasteiger partial charge is 0.0915 e. The van der Waals surface area contributed by atoms with Crippen LogP contribution in [-0.4, -0.2) is 22.7 Å². The van der Waals surface area contributed by atoms with E-state index in [4.69, 9.17) is 0 Å². The molecule has 0 aromatic carbocycles. The van der Waals surface area contributed by atoms with Crippen LogP contribution in [0.5, 0.6) is 0 Å². The van der Waals surface area contributed by atoms with Gasteiger partial charge in [0.2, 0.25) is 0 Å². The molecule has 2 atom stereocenters. The van der Waals surface area contributed by atoms with Crippen LogP contribution in [0.3, 0.4) is 0 Å². The van der Waals surface area contributed by atoms with E-state index in [1.54, 1.807) is 12.4 Å². The summed E-state index contributed by atoms with van der Waals surface area (Å²) in [6.45, 7) is 9.26. The van der Waals surface area contributed by atoms with E-state index >= 15 is 0 Å². The van der Waals surface area contributed by atoms with Gasteiger partial charge in [-0.25, -0.2) is 0 Å². The van der Waals surface area contributed by atoms with Crippen LogP contribution < -0.4 is 5.32 Å². The maximum Gasteiger partial charge on any atom is 0.0915 e. The van der Waals surface area contributed by atoms with Gasteiger partial charge in [-0.1, -0.05) is 20.8 Å². The van der Waals surface area contributed by atoms with Gasteiger partial charge >= 0.3 is 0 Å². The highest BCUT2D eigenvalue weighted by atomic mass is 16.3. The van der Waals surface area contributed by atoms with Crippen molar-refractivity contribution in [2.45, 2.75) is 39.8 Å². The Morgan fingerprint density at radius 1 is 1.31 bits per heavy atom. The Labute approximate surface area is 97.9 Å². The fourth-order valence-corrected chi connectivity index (χ4v) is 1.30. The lowest BCUT2D eigenvalue weighted by atomic mass is 9.88. The molecule has 0 bridgehead atoms. The maximum atomic E-state index is 9.94. The number of nitrogens with one attached hydrogen (secondary N) is 1. The van der Waals surface area contributed by atoms with Gasteiger partial charge in [-0.3, -0.25) is 4.98 Å². The predicted molar refractivity (Wildman–Crippen MR) is 66.1 cm³/mol. The van der Waals surface area contributed by atoms with Crippen LogP contribution in [0, 0.1) is 5.41 Å². The number of pyridine rings is 1. The quantitative estimate of drug-likeness (QED) is 0.820. The van der Waals surface area contributed by atoms with Crippen molar-refractivity contribution in [2.75, 3.05) is 6.54 Å². The second-order valence-corrected chi connectivity index (χ2v) is 5.29. The van der Waals surface area contributed by atoms with E-state index in [2.05, 4.69) is 38.0 Å². The zero-order valence-corrected chi connectivity index (χ0v) is 10.6. The van der Waals surface area contributed by atoms with Crippen molar-refractivity contribution >= 4 is 0 Å². The van der Waals surface area contributed by atoms with E-state index in [1.807, 2.05) is 12.1 Å². The third-order valence-electron chi connectivity index (χ3n) is 3.01. The van der Waals surface area contributed by atoms with Crippen LogP contribution >= 0.6 is 0 Å². The molecule has 1 aromatic heterocycles. The summed E-state index contributed by atoms with van der Waals surface area (Å²) in [5.41, 5.74) is 1.11. The van der Waals surface area contributed by atoms with Gasteiger partial charge in [0.05, 0.1) is 6.10 Å². The molecular formula is C13H22N2O. The first-order valence-electron chi connectivity index (χ1n) is 5.72. The van der Waals surface area contributed by atoms with Crippen LogP contribution in [0.1, 0.15) is 39.4 Å². The summed E-state index contributed by atoms with van der Waals surface area (Å²) in [7, 11) is 0. The molecule has 90 valence electrons. The average Bonchev–Trinajstić information content (AvgIpc) is 2.25. The Morgan fingerprint density at radius 2 is 1.88 bits per heavy atom. The normalized spacial score (nSPS) is 15.8. The van der Waals surface area contributed by atoms with E-state index in [1.165, 1.54) is 0 Å². The third-order valence-corrected chi connectivity index (χ3v) is 3.01. The minimum Gasteiger partial charge on any atom is -0.387 e. The van der Waals surface area contributed by atoms with Gasteiger partial charge in [0, 0.05) is 25.0 Å². The molecule has 1 rings (SSSR count). The highest BCUT2D eigenvalue weighted by Gasteiger charge is 2.20. The first-order chi connectivity index (χ1) is 7.41. The standard InChI is InChI=1S/C13H22N2O/c1-10(13(2,3)4)15-9-12(16)11-5-7-14-8-6-11/h5-8,10,12,15-16H,9H2,1-4H3. The van der Waals surface area contributed by atoms with Gasteiger partial charge in [0.15, 0.2) is 0 Å². The molecule has 16 heavy (non-hydrogen) atoms. The molecule has 2 N–H and O–H groups in total. The van der Waals surface area contributed by atoms with E-state index < -0.39 is 6.10 Å². The fraction of sp³-hybridized carbons (Fsp3) is 0.615. The van der Waals surface area contributed by atoms with Gasteiger partial charge in [-0.05, 0) is 30.0 Å². The Morgan fingerprint density at radius 3 is 2.38 bits per heavy atom.